The summed E-state index contributed by atoms with van der Waals surface area (Å²) >= 11 is 0. The van der Waals surface area contributed by atoms with Crippen molar-refractivity contribution in [2.24, 2.45) is 0 Å². The summed E-state index contributed by atoms with van der Waals surface area (Å²) < 4.78 is 10.6. The van der Waals surface area contributed by atoms with Crippen LogP contribution in [0, 0.1) is 0 Å². The topological polar surface area (TPSA) is 35.5 Å². The molecule has 3 heteroatoms. The normalized spacial score (nSPS) is 23.5. The minimum Gasteiger partial charge on any atom is -0.466 e. The molecule has 0 aromatic carbocycles. The van der Waals surface area contributed by atoms with Crippen molar-refractivity contribution in [1.82, 2.24) is 0 Å². The molecule has 1 atom stereocenters. The van der Waals surface area contributed by atoms with Gasteiger partial charge in [0.15, 0.2) is 0 Å². The molecule has 1 rings (SSSR count). The molecule has 0 aliphatic carbocycles. The second kappa shape index (κ2) is 6.90. The number of rotatable bonds is 5. The molecule has 3 nitrogen and oxygen atoms in total. The van der Waals surface area contributed by atoms with E-state index in [1.54, 1.807) is 6.08 Å². The Morgan fingerprint density at radius 1 is 1.42 bits per heavy atom. The molecular weight excluding hydrogens is 240 g/mol. The van der Waals surface area contributed by atoms with Crippen molar-refractivity contribution in [3.05, 3.63) is 23.3 Å². The third kappa shape index (κ3) is 5.60. The fourth-order valence-corrected chi connectivity index (χ4v) is 2.29. The molecule has 0 bridgehead atoms. The Bertz CT molecular complexity index is 377. The Morgan fingerprint density at radius 3 is 2.63 bits per heavy atom. The van der Waals surface area contributed by atoms with E-state index in [1.807, 2.05) is 6.92 Å². The number of carbonyl (C=O) groups is 1. The Labute approximate surface area is 116 Å². The first-order chi connectivity index (χ1) is 8.84. The SMILES string of the molecule is COC(=O)/C=C(\C)CC/C=C(\C)C1CCC(C)(C)O1. The Kier molecular flexibility index (Phi) is 5.80. The van der Waals surface area contributed by atoms with Crippen LogP contribution in [0.5, 0.6) is 0 Å². The smallest absolute Gasteiger partial charge is 0.330 e. The molecule has 1 aliphatic heterocycles. The first-order valence-corrected chi connectivity index (χ1v) is 6.93. The lowest BCUT2D eigenvalue weighted by molar-refractivity contribution is -0.134. The molecule has 0 aromatic heterocycles. The number of hydrogen-bond donors (Lipinski definition) is 0. The van der Waals surface area contributed by atoms with Gasteiger partial charge in [-0.1, -0.05) is 11.6 Å². The van der Waals surface area contributed by atoms with E-state index < -0.39 is 0 Å². The van der Waals surface area contributed by atoms with Crippen molar-refractivity contribution >= 4 is 5.97 Å². The van der Waals surface area contributed by atoms with Gasteiger partial charge >= 0.3 is 5.97 Å². The van der Waals surface area contributed by atoms with Gasteiger partial charge in [-0.15, -0.1) is 0 Å². The first kappa shape index (κ1) is 16.0. The highest BCUT2D eigenvalue weighted by Gasteiger charge is 2.32. The summed E-state index contributed by atoms with van der Waals surface area (Å²) in [5, 5.41) is 0. The molecule has 0 spiro atoms. The van der Waals surface area contributed by atoms with Crippen LogP contribution in [0.4, 0.5) is 0 Å². The van der Waals surface area contributed by atoms with Crippen LogP contribution in [0.2, 0.25) is 0 Å². The van der Waals surface area contributed by atoms with Gasteiger partial charge in [-0.3, -0.25) is 0 Å². The number of ether oxygens (including phenoxy) is 2. The molecule has 1 fully saturated rings. The first-order valence-electron chi connectivity index (χ1n) is 6.93. The Morgan fingerprint density at radius 2 is 2.11 bits per heavy atom. The maximum Gasteiger partial charge on any atom is 0.330 e. The molecule has 1 heterocycles. The lowest BCUT2D eigenvalue weighted by atomic mass is 10.0. The van der Waals surface area contributed by atoms with E-state index in [2.05, 4.69) is 31.6 Å². The maximum absolute atomic E-state index is 11.1. The minimum absolute atomic E-state index is 0.0144. The van der Waals surface area contributed by atoms with E-state index in [9.17, 15) is 4.79 Å². The minimum atomic E-state index is -0.279. The molecule has 1 saturated heterocycles. The molecule has 0 amide bonds. The number of carbonyl (C=O) groups excluding carboxylic acids is 1. The average Bonchev–Trinajstić information content (AvgIpc) is 2.69. The fraction of sp³-hybridized carbons (Fsp3) is 0.688. The van der Waals surface area contributed by atoms with Crippen molar-refractivity contribution < 1.29 is 14.3 Å². The maximum atomic E-state index is 11.1. The zero-order valence-corrected chi connectivity index (χ0v) is 12.8. The van der Waals surface area contributed by atoms with Crippen LogP contribution < -0.4 is 0 Å². The van der Waals surface area contributed by atoms with Crippen LogP contribution in [0.15, 0.2) is 23.3 Å². The molecule has 0 saturated carbocycles. The molecule has 1 aliphatic rings. The van der Waals surface area contributed by atoms with Gasteiger partial charge in [-0.2, -0.15) is 0 Å². The highest BCUT2D eigenvalue weighted by atomic mass is 16.5. The molecule has 0 radical (unpaired) electrons. The van der Waals surface area contributed by atoms with Crippen LogP contribution in [0.25, 0.3) is 0 Å². The van der Waals surface area contributed by atoms with E-state index in [-0.39, 0.29) is 17.7 Å². The second-order valence-corrected chi connectivity index (χ2v) is 5.91. The molecule has 108 valence electrons. The second-order valence-electron chi connectivity index (χ2n) is 5.91. The molecule has 0 N–H and O–H groups in total. The van der Waals surface area contributed by atoms with Gasteiger partial charge in [0.05, 0.1) is 18.8 Å². The number of hydrogen-bond acceptors (Lipinski definition) is 3. The van der Waals surface area contributed by atoms with Crippen molar-refractivity contribution in [3.8, 4) is 0 Å². The molecule has 1 unspecified atom stereocenters. The van der Waals surface area contributed by atoms with Crippen molar-refractivity contribution in [2.75, 3.05) is 7.11 Å². The Balaban J connectivity index is 2.41. The fourth-order valence-electron chi connectivity index (χ4n) is 2.29. The van der Waals surface area contributed by atoms with Gasteiger partial charge in [-0.05, 0) is 59.0 Å². The van der Waals surface area contributed by atoms with Gasteiger partial charge in [0.2, 0.25) is 0 Å². The van der Waals surface area contributed by atoms with Crippen LogP contribution in [0.1, 0.15) is 53.4 Å². The summed E-state index contributed by atoms with van der Waals surface area (Å²) in [6, 6.07) is 0. The predicted octanol–water partition coefficient (Wildman–Crippen LogP) is 3.79. The third-order valence-electron chi connectivity index (χ3n) is 3.55. The van der Waals surface area contributed by atoms with Crippen LogP contribution in [-0.4, -0.2) is 24.8 Å². The molecule has 19 heavy (non-hydrogen) atoms. The van der Waals surface area contributed by atoms with Crippen molar-refractivity contribution in [1.29, 1.82) is 0 Å². The summed E-state index contributed by atoms with van der Waals surface area (Å²) in [6.45, 7) is 8.37. The highest BCUT2D eigenvalue weighted by molar-refractivity contribution is 5.82. The van der Waals surface area contributed by atoms with Gasteiger partial charge in [0, 0.05) is 6.08 Å². The lowest BCUT2D eigenvalue weighted by Gasteiger charge is -2.19. The monoisotopic (exact) mass is 266 g/mol. The summed E-state index contributed by atoms with van der Waals surface area (Å²) in [5.74, 6) is -0.279. The highest BCUT2D eigenvalue weighted by Crippen LogP contribution is 2.32. The van der Waals surface area contributed by atoms with E-state index in [0.717, 1.165) is 31.3 Å². The largest absolute Gasteiger partial charge is 0.466 e. The van der Waals surface area contributed by atoms with E-state index in [0.29, 0.717) is 0 Å². The number of allylic oxidation sites excluding steroid dienone is 2. The summed E-state index contributed by atoms with van der Waals surface area (Å²) in [5.41, 5.74) is 2.36. The zero-order chi connectivity index (χ0) is 14.5. The van der Waals surface area contributed by atoms with Crippen LogP contribution in [0.3, 0.4) is 0 Å². The van der Waals surface area contributed by atoms with E-state index in [1.165, 1.54) is 12.7 Å². The summed E-state index contributed by atoms with van der Waals surface area (Å²) in [4.78, 5) is 11.1. The number of esters is 1. The van der Waals surface area contributed by atoms with E-state index >= 15 is 0 Å². The summed E-state index contributed by atoms with van der Waals surface area (Å²) in [7, 11) is 1.40. The zero-order valence-electron chi connectivity index (χ0n) is 12.8. The predicted molar refractivity (Wildman–Crippen MR) is 77.0 cm³/mol. The standard InChI is InChI=1S/C16H26O3/c1-12(11-15(17)18-5)7-6-8-13(2)14-9-10-16(3,4)19-14/h8,11,14H,6-7,9-10H2,1-5H3/b12-11+,13-8+. The molecule has 0 aromatic rings. The van der Waals surface area contributed by atoms with E-state index in [4.69, 9.17) is 4.74 Å². The third-order valence-corrected chi connectivity index (χ3v) is 3.55. The van der Waals surface area contributed by atoms with Gasteiger partial charge in [0.25, 0.3) is 0 Å². The lowest BCUT2D eigenvalue weighted by Crippen LogP contribution is -2.20. The molecular formula is C16H26O3. The average molecular weight is 266 g/mol. The van der Waals surface area contributed by atoms with Gasteiger partial charge in [-0.25, -0.2) is 4.79 Å². The van der Waals surface area contributed by atoms with Crippen LogP contribution >= 0.6 is 0 Å². The van der Waals surface area contributed by atoms with Crippen molar-refractivity contribution in [3.63, 3.8) is 0 Å². The Hall–Kier alpha value is -1.09. The number of methoxy groups -OCH3 is 1. The van der Waals surface area contributed by atoms with Gasteiger partial charge < -0.3 is 9.47 Å². The summed E-state index contributed by atoms with van der Waals surface area (Å²) in [6.07, 6.45) is 8.07. The van der Waals surface area contributed by atoms with Crippen molar-refractivity contribution in [2.45, 2.75) is 65.1 Å². The van der Waals surface area contributed by atoms with Gasteiger partial charge in [0.1, 0.15) is 0 Å². The quantitative estimate of drug-likeness (QED) is 0.431. The van der Waals surface area contributed by atoms with Crippen LogP contribution in [-0.2, 0) is 14.3 Å².